The lowest BCUT2D eigenvalue weighted by Gasteiger charge is -2.09. The van der Waals surface area contributed by atoms with E-state index in [1.54, 1.807) is 0 Å². The van der Waals surface area contributed by atoms with Crippen molar-refractivity contribution in [2.24, 2.45) is 0 Å². The highest BCUT2D eigenvalue weighted by molar-refractivity contribution is 6.00. The second-order valence-corrected chi connectivity index (χ2v) is 16.5. The number of hydrogen-bond donors (Lipinski definition) is 6. The van der Waals surface area contributed by atoms with Crippen LogP contribution < -0.4 is 21.3 Å². The van der Waals surface area contributed by atoms with Crippen LogP contribution in [0.2, 0.25) is 0 Å². The monoisotopic (exact) mass is 1030 g/mol. The van der Waals surface area contributed by atoms with Crippen LogP contribution in [0.15, 0.2) is 121 Å². The zero-order valence-electron chi connectivity index (χ0n) is 39.4. The van der Waals surface area contributed by atoms with Crippen molar-refractivity contribution in [2.75, 3.05) is 26.2 Å². The molecule has 8 bridgehead atoms. The van der Waals surface area contributed by atoms with Gasteiger partial charge in [-0.25, -0.2) is 9.97 Å². The van der Waals surface area contributed by atoms with Crippen LogP contribution in [0.5, 0.6) is 0 Å². The van der Waals surface area contributed by atoms with Crippen molar-refractivity contribution in [2.45, 2.75) is 26.2 Å². The van der Waals surface area contributed by atoms with Crippen molar-refractivity contribution in [3.63, 3.8) is 0 Å². The number of nitrogens with one attached hydrogen (secondary N) is 6. The van der Waals surface area contributed by atoms with Gasteiger partial charge >= 0.3 is 0 Å². The molecule has 0 saturated carbocycles. The summed E-state index contributed by atoms with van der Waals surface area (Å²) in [6, 6.07) is 43.0. The number of terminal acetylenes is 4. The van der Waals surface area contributed by atoms with E-state index >= 15 is 0 Å². The molecule has 2 aliphatic rings. The number of aromatic nitrogens is 4. The molecule has 0 radical (unpaired) electrons. The Hall–Kier alpha value is -7.28. The molecule has 362 valence electrons. The summed E-state index contributed by atoms with van der Waals surface area (Å²) in [6.07, 6.45) is 30.6. The van der Waals surface area contributed by atoms with Crippen LogP contribution in [0.25, 0.3) is 90.9 Å². The van der Waals surface area contributed by atoms with Gasteiger partial charge in [-0.2, -0.15) is 0 Å². The highest BCUT2D eigenvalue weighted by atomic mass is 35.5. The van der Waals surface area contributed by atoms with Crippen LogP contribution in [0.4, 0.5) is 0 Å². The summed E-state index contributed by atoms with van der Waals surface area (Å²) in [5, 5.41) is 13.2. The highest BCUT2D eigenvalue weighted by Crippen LogP contribution is 2.38. The van der Waals surface area contributed by atoms with Crippen molar-refractivity contribution in [1.82, 2.24) is 41.2 Å². The third-order valence-electron chi connectivity index (χ3n) is 11.9. The van der Waals surface area contributed by atoms with Gasteiger partial charge in [0.2, 0.25) is 0 Å². The first-order valence-corrected chi connectivity index (χ1v) is 22.6. The topological polar surface area (TPSA) is 105 Å². The van der Waals surface area contributed by atoms with Crippen molar-refractivity contribution in [3.05, 3.63) is 166 Å². The second-order valence-electron chi connectivity index (χ2n) is 16.5. The average Bonchev–Trinajstić information content (AvgIpc) is 4.23. The smallest absolute Gasteiger partial charge is 0.0737 e. The second kappa shape index (κ2) is 26.8. The minimum atomic E-state index is 0. The molecule has 3 aromatic heterocycles. The number of benzene rings is 4. The fourth-order valence-electron chi connectivity index (χ4n) is 8.69. The van der Waals surface area contributed by atoms with Crippen LogP contribution in [-0.2, 0) is 26.2 Å². The van der Waals surface area contributed by atoms with Gasteiger partial charge in [-0.3, -0.25) is 0 Å². The summed E-state index contributed by atoms with van der Waals surface area (Å²) < 4.78 is 0. The molecule has 5 heterocycles. The number of nitrogens with zero attached hydrogens (tertiary/aromatic N) is 2. The molecule has 12 heteroatoms. The normalized spacial score (nSPS) is 10.8. The molecule has 6 N–H and O–H groups in total. The van der Waals surface area contributed by atoms with E-state index in [0.717, 1.165) is 112 Å². The van der Waals surface area contributed by atoms with Crippen LogP contribution in [-0.4, -0.2) is 46.1 Å². The summed E-state index contributed by atoms with van der Waals surface area (Å²) in [4.78, 5) is 18.7. The highest BCUT2D eigenvalue weighted by Gasteiger charge is 2.19. The Morgan fingerprint density at radius 1 is 0.319 bits per heavy atom. The molecule has 0 saturated heterocycles. The Kier molecular flexibility index (Phi) is 20.7. The van der Waals surface area contributed by atoms with Crippen LogP contribution in [0.3, 0.4) is 0 Å². The van der Waals surface area contributed by atoms with E-state index in [0.29, 0.717) is 52.4 Å². The summed E-state index contributed by atoms with van der Waals surface area (Å²) in [5.74, 6) is 10.7. The predicted octanol–water partition coefficient (Wildman–Crippen LogP) is 11.9. The third-order valence-corrected chi connectivity index (χ3v) is 11.9. The van der Waals surface area contributed by atoms with E-state index in [1.807, 2.05) is 0 Å². The van der Waals surface area contributed by atoms with Crippen LogP contribution in [0.1, 0.15) is 45.0 Å². The molecule has 9 rings (SSSR count). The van der Waals surface area contributed by atoms with Gasteiger partial charge < -0.3 is 31.2 Å². The van der Waals surface area contributed by atoms with Crippen LogP contribution >= 0.6 is 49.6 Å². The number of rotatable bonds is 16. The van der Waals surface area contributed by atoms with E-state index in [2.05, 4.69) is 201 Å². The molecular weight excluding hydrogens is 975 g/mol. The Morgan fingerprint density at radius 3 is 0.722 bits per heavy atom. The third kappa shape index (κ3) is 12.8. The van der Waals surface area contributed by atoms with Crippen molar-refractivity contribution in [1.29, 1.82) is 0 Å². The molecular formula is C60H54Cl4N8. The van der Waals surface area contributed by atoms with E-state index in [-0.39, 0.29) is 49.6 Å². The van der Waals surface area contributed by atoms with Gasteiger partial charge in [0.15, 0.2) is 0 Å². The van der Waals surface area contributed by atoms with Gasteiger partial charge in [0.05, 0.1) is 49.0 Å². The average molecular weight is 1030 g/mol. The number of aromatic amines is 2. The fourth-order valence-corrected chi connectivity index (χ4v) is 8.69. The van der Waals surface area contributed by atoms with E-state index < -0.39 is 0 Å². The minimum absolute atomic E-state index is 0. The van der Waals surface area contributed by atoms with Gasteiger partial charge in [-0.15, -0.1) is 75.3 Å². The zero-order chi connectivity index (χ0) is 46.7. The first-order valence-electron chi connectivity index (χ1n) is 22.6. The Labute approximate surface area is 447 Å². The molecule has 0 fully saturated rings. The lowest BCUT2D eigenvalue weighted by Crippen LogP contribution is -2.12. The quantitative estimate of drug-likeness (QED) is 0.0426. The maximum absolute atomic E-state index is 5.53. The van der Waals surface area contributed by atoms with E-state index in [9.17, 15) is 0 Å². The summed E-state index contributed by atoms with van der Waals surface area (Å²) in [6.45, 7) is 4.67. The van der Waals surface area contributed by atoms with Gasteiger partial charge in [0, 0.05) is 70.5 Å². The van der Waals surface area contributed by atoms with Crippen molar-refractivity contribution >= 4 is 96.0 Å². The molecule has 0 atom stereocenters. The lowest BCUT2D eigenvalue weighted by molar-refractivity contribution is 0.770. The Balaban J connectivity index is 0.00000241. The van der Waals surface area contributed by atoms with E-state index in [4.69, 9.17) is 35.7 Å². The molecule has 7 aromatic rings. The first kappa shape index (κ1) is 55.6. The lowest BCUT2D eigenvalue weighted by atomic mass is 10.0. The predicted molar refractivity (Wildman–Crippen MR) is 312 cm³/mol. The molecule has 8 nitrogen and oxygen atoms in total. The fraction of sp³-hybridized carbons (Fsp3) is 0.133. The first-order chi connectivity index (χ1) is 33.5. The number of hydrogen-bond acceptors (Lipinski definition) is 6. The summed E-state index contributed by atoms with van der Waals surface area (Å²) in [7, 11) is 0. The SMILES string of the molecule is C#CCNCc1ccc(-c2c3nc(c(-c4ccc(CNCC#C)cc4)c4ccc([nH]4)c(-c4ccc(CNCC#C)cc4)c4nc(c(-c5ccc(CNCC#C)cc5)c5ccc2[nH]5)C=C4)C=C3)cc1.Cl.Cl.Cl.Cl. The maximum Gasteiger partial charge on any atom is 0.0737 e. The molecule has 0 amide bonds. The Morgan fingerprint density at radius 2 is 0.528 bits per heavy atom. The molecule has 0 spiro atoms. The maximum atomic E-state index is 5.53. The standard InChI is InChI=1S/C60H50N8.4ClH/c1-5-33-61-37-41-9-17-45(18-10-41)57-49-25-27-51(65-49)58(46-19-11-42(12-20-46)38-62-34-6-2)53-29-31-55(67-53)60(48-23-15-44(16-24-48)40-64-36-8-4)56-32-30-54(68-56)59(52-28-26-50(57)66-52)47-21-13-43(14-22-47)39-63-35-7-3;;;;/h1-4,9-32,61-65,68H,33-40H2;4*1H. The van der Waals surface area contributed by atoms with Gasteiger partial charge in [-0.05, 0) is 93.1 Å². The van der Waals surface area contributed by atoms with Crippen molar-refractivity contribution < 1.29 is 0 Å². The number of H-pyrrole nitrogens is 2. The molecule has 2 aliphatic heterocycles. The summed E-state index contributed by atoms with van der Waals surface area (Å²) in [5.41, 5.74) is 19.5. The number of halogens is 4. The van der Waals surface area contributed by atoms with Gasteiger partial charge in [0.25, 0.3) is 0 Å². The van der Waals surface area contributed by atoms with Gasteiger partial charge in [0.1, 0.15) is 0 Å². The minimum Gasteiger partial charge on any atom is -0.354 e. The molecule has 72 heavy (non-hydrogen) atoms. The number of fused-ring (bicyclic) bond motifs is 8. The molecule has 0 unspecified atom stereocenters. The van der Waals surface area contributed by atoms with Crippen molar-refractivity contribution in [3.8, 4) is 93.9 Å². The summed E-state index contributed by atoms with van der Waals surface area (Å²) >= 11 is 0. The molecule has 4 aromatic carbocycles. The van der Waals surface area contributed by atoms with Crippen LogP contribution in [0, 0.1) is 49.4 Å². The molecule has 0 aliphatic carbocycles. The largest absolute Gasteiger partial charge is 0.354 e. The van der Waals surface area contributed by atoms with E-state index in [1.165, 1.54) is 0 Å². The Bertz CT molecular complexity index is 2930. The van der Waals surface area contributed by atoms with Gasteiger partial charge in [-0.1, -0.05) is 121 Å². The zero-order valence-corrected chi connectivity index (χ0v) is 42.6.